The average Bonchev–Trinajstić information content (AvgIpc) is 3.05. The van der Waals surface area contributed by atoms with Crippen LogP contribution in [-0.4, -0.2) is 35.2 Å². The molecule has 1 aromatic carbocycles. The smallest absolute Gasteiger partial charge is 0.250 e. The van der Waals surface area contributed by atoms with Crippen LogP contribution in [0.3, 0.4) is 0 Å². The number of fused-ring (bicyclic) bond motifs is 4. The van der Waals surface area contributed by atoms with Crippen LogP contribution in [0.5, 0.6) is 0 Å². The third-order valence-electron chi connectivity index (χ3n) is 5.18. The van der Waals surface area contributed by atoms with Crippen molar-refractivity contribution in [3.63, 3.8) is 0 Å². The Hall–Kier alpha value is -2.21. The molecule has 3 aliphatic rings. The van der Waals surface area contributed by atoms with Gasteiger partial charge in [-0.1, -0.05) is 18.2 Å². The van der Waals surface area contributed by atoms with Crippen LogP contribution in [0.2, 0.25) is 0 Å². The highest BCUT2D eigenvalue weighted by molar-refractivity contribution is 6.15. The van der Waals surface area contributed by atoms with E-state index in [0.717, 1.165) is 5.56 Å². The second-order valence-electron chi connectivity index (χ2n) is 6.16. The summed E-state index contributed by atoms with van der Waals surface area (Å²) in [6.07, 6.45) is 0. The highest BCUT2D eigenvalue weighted by Crippen LogP contribution is 2.52. The van der Waals surface area contributed by atoms with Crippen molar-refractivity contribution < 1.29 is 14.4 Å². The SMILES string of the molecule is CCN1C(=O)[C@H]2[C@@H](C1=O)[C@@]1(N[C@@H]2C)C(=O)Nc2ccccc21. The van der Waals surface area contributed by atoms with Crippen LogP contribution in [0.15, 0.2) is 24.3 Å². The average molecular weight is 299 g/mol. The lowest BCUT2D eigenvalue weighted by Crippen LogP contribution is -2.52. The molecule has 2 N–H and O–H groups in total. The lowest BCUT2D eigenvalue weighted by Gasteiger charge is -2.28. The molecule has 4 atom stereocenters. The maximum Gasteiger partial charge on any atom is 0.250 e. The number of likely N-dealkylation sites (tertiary alicyclic amines) is 1. The van der Waals surface area contributed by atoms with E-state index in [1.165, 1.54) is 4.90 Å². The summed E-state index contributed by atoms with van der Waals surface area (Å²) >= 11 is 0. The summed E-state index contributed by atoms with van der Waals surface area (Å²) in [5, 5.41) is 6.11. The predicted octanol–water partition coefficient (Wildman–Crippen LogP) is 0.447. The normalized spacial score (nSPS) is 36.0. The van der Waals surface area contributed by atoms with Crippen molar-refractivity contribution in [3.05, 3.63) is 29.8 Å². The van der Waals surface area contributed by atoms with E-state index >= 15 is 0 Å². The van der Waals surface area contributed by atoms with Crippen molar-refractivity contribution in [2.24, 2.45) is 11.8 Å². The van der Waals surface area contributed by atoms with E-state index < -0.39 is 17.4 Å². The summed E-state index contributed by atoms with van der Waals surface area (Å²) in [5.74, 6) is -1.82. The van der Waals surface area contributed by atoms with Gasteiger partial charge in [-0.2, -0.15) is 0 Å². The number of amides is 3. The van der Waals surface area contributed by atoms with Gasteiger partial charge < -0.3 is 5.32 Å². The summed E-state index contributed by atoms with van der Waals surface area (Å²) in [4.78, 5) is 39.3. The molecule has 6 heteroatoms. The lowest BCUT2D eigenvalue weighted by atomic mass is 9.76. The van der Waals surface area contributed by atoms with Crippen LogP contribution in [0.1, 0.15) is 19.4 Å². The molecule has 0 saturated carbocycles. The third kappa shape index (κ3) is 1.31. The maximum atomic E-state index is 12.8. The van der Waals surface area contributed by atoms with Crippen LogP contribution < -0.4 is 10.6 Å². The van der Waals surface area contributed by atoms with Gasteiger partial charge >= 0.3 is 0 Å². The second kappa shape index (κ2) is 4.16. The fourth-order valence-electron chi connectivity index (χ4n) is 4.29. The van der Waals surface area contributed by atoms with E-state index in [2.05, 4.69) is 10.6 Å². The van der Waals surface area contributed by atoms with Crippen molar-refractivity contribution in [1.29, 1.82) is 0 Å². The zero-order chi connectivity index (χ0) is 15.6. The predicted molar refractivity (Wildman–Crippen MR) is 78.7 cm³/mol. The number of anilines is 1. The van der Waals surface area contributed by atoms with Crippen LogP contribution in [0.25, 0.3) is 0 Å². The second-order valence-corrected chi connectivity index (χ2v) is 6.16. The van der Waals surface area contributed by atoms with Gasteiger partial charge in [0, 0.05) is 23.8 Å². The van der Waals surface area contributed by atoms with Crippen LogP contribution in [0, 0.1) is 11.8 Å². The van der Waals surface area contributed by atoms with Gasteiger partial charge in [0.25, 0.3) is 0 Å². The first-order valence-electron chi connectivity index (χ1n) is 7.56. The molecule has 3 heterocycles. The van der Waals surface area contributed by atoms with Crippen molar-refractivity contribution in [2.75, 3.05) is 11.9 Å². The molecule has 4 rings (SSSR count). The number of hydrogen-bond acceptors (Lipinski definition) is 4. The topological polar surface area (TPSA) is 78.5 Å². The van der Waals surface area contributed by atoms with Gasteiger partial charge in [-0.15, -0.1) is 0 Å². The molecule has 6 nitrogen and oxygen atoms in total. The minimum atomic E-state index is -1.13. The van der Waals surface area contributed by atoms with E-state index in [1.54, 1.807) is 6.92 Å². The van der Waals surface area contributed by atoms with Gasteiger partial charge in [0.15, 0.2) is 0 Å². The summed E-state index contributed by atoms with van der Waals surface area (Å²) < 4.78 is 0. The molecule has 22 heavy (non-hydrogen) atoms. The zero-order valence-electron chi connectivity index (χ0n) is 12.4. The zero-order valence-corrected chi connectivity index (χ0v) is 12.4. The van der Waals surface area contributed by atoms with Crippen molar-refractivity contribution in [2.45, 2.75) is 25.4 Å². The van der Waals surface area contributed by atoms with Gasteiger partial charge in [-0.3, -0.25) is 24.6 Å². The number of hydrogen-bond donors (Lipinski definition) is 2. The molecular weight excluding hydrogens is 282 g/mol. The van der Waals surface area contributed by atoms with Gasteiger partial charge in [0.1, 0.15) is 5.54 Å². The number of rotatable bonds is 1. The molecule has 3 aliphatic heterocycles. The lowest BCUT2D eigenvalue weighted by molar-refractivity contribution is -0.142. The first kappa shape index (κ1) is 13.5. The highest BCUT2D eigenvalue weighted by atomic mass is 16.2. The number of nitrogens with one attached hydrogen (secondary N) is 2. The van der Waals surface area contributed by atoms with E-state index in [9.17, 15) is 14.4 Å². The Morgan fingerprint density at radius 1 is 1.18 bits per heavy atom. The van der Waals surface area contributed by atoms with Crippen LogP contribution in [-0.2, 0) is 19.9 Å². The minimum absolute atomic E-state index is 0.174. The van der Waals surface area contributed by atoms with Gasteiger partial charge in [0.05, 0.1) is 11.8 Å². The maximum absolute atomic E-state index is 12.8. The molecule has 1 aromatic rings. The Kier molecular flexibility index (Phi) is 2.55. The first-order chi connectivity index (χ1) is 10.5. The molecule has 0 radical (unpaired) electrons. The van der Waals surface area contributed by atoms with Crippen molar-refractivity contribution in [1.82, 2.24) is 10.2 Å². The number of carbonyl (C=O) groups is 3. The minimum Gasteiger partial charge on any atom is -0.324 e. The molecule has 1 spiro atoms. The van der Waals surface area contributed by atoms with Crippen LogP contribution in [0.4, 0.5) is 5.69 Å². The Morgan fingerprint density at radius 3 is 2.64 bits per heavy atom. The van der Waals surface area contributed by atoms with Crippen molar-refractivity contribution in [3.8, 4) is 0 Å². The highest BCUT2D eigenvalue weighted by Gasteiger charge is 2.69. The summed E-state index contributed by atoms with van der Waals surface area (Å²) in [5.41, 5.74) is 0.346. The van der Waals surface area contributed by atoms with Gasteiger partial charge in [-0.05, 0) is 19.9 Å². The van der Waals surface area contributed by atoms with Gasteiger partial charge in [0.2, 0.25) is 17.7 Å². The Balaban J connectivity index is 1.92. The van der Waals surface area contributed by atoms with E-state index in [0.29, 0.717) is 12.2 Å². The summed E-state index contributed by atoms with van der Waals surface area (Å²) in [6, 6.07) is 7.13. The largest absolute Gasteiger partial charge is 0.324 e. The number of benzene rings is 1. The molecule has 114 valence electrons. The number of carbonyl (C=O) groups excluding carboxylic acids is 3. The fraction of sp³-hybridized carbons (Fsp3) is 0.438. The molecule has 2 saturated heterocycles. The van der Waals surface area contributed by atoms with Crippen LogP contribution >= 0.6 is 0 Å². The molecule has 0 unspecified atom stereocenters. The molecular formula is C16H17N3O3. The summed E-state index contributed by atoms with van der Waals surface area (Å²) in [6.45, 7) is 3.99. The third-order valence-corrected chi connectivity index (χ3v) is 5.18. The number of para-hydroxylation sites is 1. The fourth-order valence-corrected chi connectivity index (χ4v) is 4.29. The van der Waals surface area contributed by atoms with Crippen molar-refractivity contribution >= 4 is 23.4 Å². The molecule has 2 fully saturated rings. The molecule has 0 aromatic heterocycles. The van der Waals surface area contributed by atoms with E-state index in [1.807, 2.05) is 31.2 Å². The number of nitrogens with zero attached hydrogens (tertiary/aromatic N) is 1. The molecule has 0 bridgehead atoms. The summed E-state index contributed by atoms with van der Waals surface area (Å²) in [7, 11) is 0. The quantitative estimate of drug-likeness (QED) is 0.738. The van der Waals surface area contributed by atoms with E-state index in [4.69, 9.17) is 0 Å². The first-order valence-corrected chi connectivity index (χ1v) is 7.56. The Labute approximate surface area is 127 Å². The Bertz CT molecular complexity index is 716. The molecule has 3 amide bonds. The Morgan fingerprint density at radius 2 is 1.91 bits per heavy atom. The molecule has 0 aliphatic carbocycles. The van der Waals surface area contributed by atoms with Gasteiger partial charge in [-0.25, -0.2) is 0 Å². The van der Waals surface area contributed by atoms with E-state index in [-0.39, 0.29) is 23.8 Å². The number of imide groups is 1. The monoisotopic (exact) mass is 299 g/mol. The standard InChI is InChI=1S/C16H17N3O3/c1-3-19-13(20)11-8(2)18-16(12(11)14(19)21)9-6-4-5-7-10(9)17-15(16)22/h4-8,11-12,18H,3H2,1-2H3,(H,17,22)/t8-,11-,12+,16-/m1/s1.